The van der Waals surface area contributed by atoms with Crippen molar-refractivity contribution in [3.05, 3.63) is 39.7 Å². The van der Waals surface area contributed by atoms with Crippen LogP contribution in [0, 0.1) is 6.92 Å². The number of halogens is 3. The van der Waals surface area contributed by atoms with E-state index < -0.39 is 29.6 Å². The number of aliphatic hydroxyl groups is 2. The molecule has 0 spiro atoms. The van der Waals surface area contributed by atoms with Gasteiger partial charge in [-0.15, -0.1) is 0 Å². The first-order valence-corrected chi connectivity index (χ1v) is 5.80. The summed E-state index contributed by atoms with van der Waals surface area (Å²) in [6.45, 7) is 1.22. The Morgan fingerprint density at radius 1 is 1.24 bits per heavy atom. The van der Waals surface area contributed by atoms with E-state index in [-0.39, 0.29) is 22.3 Å². The van der Waals surface area contributed by atoms with Gasteiger partial charge in [0.15, 0.2) is 5.43 Å². The van der Waals surface area contributed by atoms with Gasteiger partial charge >= 0.3 is 6.18 Å². The van der Waals surface area contributed by atoms with E-state index in [0.717, 1.165) is 6.07 Å². The monoisotopic (exact) mass is 304 g/mol. The summed E-state index contributed by atoms with van der Waals surface area (Å²) in [5, 5.41) is 27.5. The van der Waals surface area contributed by atoms with Crippen LogP contribution in [0.2, 0.25) is 0 Å². The van der Waals surface area contributed by atoms with Crippen LogP contribution in [0.25, 0.3) is 11.0 Å². The minimum absolute atomic E-state index is 0.0718. The molecule has 1 aromatic heterocycles. The number of phenols is 1. The highest BCUT2D eigenvalue weighted by atomic mass is 19.4. The van der Waals surface area contributed by atoms with Gasteiger partial charge in [0.05, 0.1) is 11.8 Å². The number of benzene rings is 1. The molecule has 0 atom stereocenters. The fraction of sp³-hybridized carbons (Fsp3) is 0.308. The first-order valence-electron chi connectivity index (χ1n) is 5.80. The minimum Gasteiger partial charge on any atom is -0.508 e. The Bertz CT molecular complexity index is 746. The van der Waals surface area contributed by atoms with Gasteiger partial charge in [-0.3, -0.25) is 4.79 Å². The highest BCUT2D eigenvalue weighted by Gasteiger charge is 2.53. The number of aromatic hydroxyl groups is 1. The average Bonchev–Trinajstić information content (AvgIpc) is 2.33. The van der Waals surface area contributed by atoms with Crippen LogP contribution in [0.5, 0.6) is 5.75 Å². The second kappa shape index (κ2) is 4.74. The molecule has 0 aliphatic rings. The molecule has 2 rings (SSSR count). The maximum atomic E-state index is 12.5. The Labute approximate surface area is 115 Å². The van der Waals surface area contributed by atoms with Gasteiger partial charge in [-0.25, -0.2) is 0 Å². The van der Waals surface area contributed by atoms with Crippen LogP contribution >= 0.6 is 0 Å². The molecule has 0 fully saturated rings. The highest BCUT2D eigenvalue weighted by molar-refractivity contribution is 5.78. The number of fused-ring (bicyclic) bond motifs is 1. The molecule has 0 saturated heterocycles. The quantitative estimate of drug-likeness (QED) is 0.733. The molecule has 1 heterocycles. The lowest BCUT2D eigenvalue weighted by Gasteiger charge is -2.24. The van der Waals surface area contributed by atoms with Gasteiger partial charge < -0.3 is 19.7 Å². The van der Waals surface area contributed by atoms with E-state index in [4.69, 9.17) is 14.6 Å². The molecule has 3 N–H and O–H groups in total. The van der Waals surface area contributed by atoms with Crippen molar-refractivity contribution in [2.45, 2.75) is 25.3 Å². The van der Waals surface area contributed by atoms with Gasteiger partial charge in [0.1, 0.15) is 17.1 Å². The van der Waals surface area contributed by atoms with E-state index in [0.29, 0.717) is 0 Å². The van der Waals surface area contributed by atoms with E-state index in [1.165, 1.54) is 19.1 Å². The van der Waals surface area contributed by atoms with Crippen LogP contribution < -0.4 is 5.43 Å². The summed E-state index contributed by atoms with van der Waals surface area (Å²) in [5.74, 6) is -4.77. The molecule has 0 radical (unpaired) electrons. The molecule has 114 valence electrons. The maximum Gasteiger partial charge on any atom is 0.443 e. The molecular weight excluding hydrogens is 293 g/mol. The van der Waals surface area contributed by atoms with Gasteiger partial charge in [-0.05, 0) is 19.1 Å². The normalized spacial score (nSPS) is 12.9. The summed E-state index contributed by atoms with van der Waals surface area (Å²) in [6.07, 6.45) is -6.63. The van der Waals surface area contributed by atoms with Crippen LogP contribution in [-0.4, -0.2) is 27.3 Å². The van der Waals surface area contributed by atoms with Gasteiger partial charge in [0, 0.05) is 11.6 Å². The van der Waals surface area contributed by atoms with Crippen molar-refractivity contribution in [3.8, 4) is 5.75 Å². The zero-order chi connectivity index (χ0) is 16.0. The third-order valence-electron chi connectivity index (χ3n) is 3.06. The molecule has 0 bridgehead atoms. The summed E-state index contributed by atoms with van der Waals surface area (Å²) < 4.78 is 42.5. The Hall–Kier alpha value is -2.06. The van der Waals surface area contributed by atoms with Crippen molar-refractivity contribution in [3.63, 3.8) is 0 Å². The molecule has 21 heavy (non-hydrogen) atoms. The lowest BCUT2D eigenvalue weighted by atomic mass is 10.0. The Morgan fingerprint density at radius 2 is 1.86 bits per heavy atom. The van der Waals surface area contributed by atoms with E-state index in [2.05, 4.69) is 0 Å². The van der Waals surface area contributed by atoms with Crippen LogP contribution in [0.1, 0.15) is 11.3 Å². The molecule has 0 aliphatic heterocycles. The summed E-state index contributed by atoms with van der Waals surface area (Å²) in [5.41, 5.74) is -0.910. The van der Waals surface area contributed by atoms with E-state index in [9.17, 15) is 23.1 Å². The molecule has 0 amide bonds. The summed E-state index contributed by atoms with van der Waals surface area (Å²) in [4.78, 5) is 12.0. The molecular formula is C13H11F3O5. The van der Waals surface area contributed by atoms with E-state index in [1.54, 1.807) is 0 Å². The largest absolute Gasteiger partial charge is 0.508 e. The summed E-state index contributed by atoms with van der Waals surface area (Å²) in [7, 11) is 0. The van der Waals surface area contributed by atoms with Crippen molar-refractivity contribution in [1.82, 2.24) is 0 Å². The van der Waals surface area contributed by atoms with Gasteiger partial charge in [0.2, 0.25) is 0 Å². The lowest BCUT2D eigenvalue weighted by Crippen LogP contribution is -2.47. The summed E-state index contributed by atoms with van der Waals surface area (Å²) in [6, 6.07) is 3.56. The number of rotatable bonds is 2. The topological polar surface area (TPSA) is 90.9 Å². The minimum atomic E-state index is -5.30. The molecule has 2 aromatic rings. The molecule has 0 aliphatic carbocycles. The average molecular weight is 304 g/mol. The molecule has 0 saturated carbocycles. The van der Waals surface area contributed by atoms with Crippen molar-refractivity contribution < 1.29 is 32.9 Å². The van der Waals surface area contributed by atoms with Gasteiger partial charge in [-0.2, -0.15) is 13.2 Å². The number of phenolic OH excluding ortho intramolecular Hbond substituents is 1. The molecule has 8 heteroatoms. The Morgan fingerprint density at radius 3 is 2.43 bits per heavy atom. The second-order valence-corrected chi connectivity index (χ2v) is 4.65. The van der Waals surface area contributed by atoms with Crippen molar-refractivity contribution >= 4 is 11.0 Å². The van der Waals surface area contributed by atoms with E-state index >= 15 is 0 Å². The number of hydrogen-bond donors (Lipinski definition) is 3. The first kappa shape index (κ1) is 15.3. The summed E-state index contributed by atoms with van der Waals surface area (Å²) >= 11 is 0. The Balaban J connectivity index is 2.60. The first-order chi connectivity index (χ1) is 9.53. The molecule has 0 unspecified atom stereocenters. The van der Waals surface area contributed by atoms with Crippen molar-refractivity contribution in [2.75, 3.05) is 0 Å². The third kappa shape index (κ3) is 2.72. The predicted molar refractivity (Wildman–Crippen MR) is 65.8 cm³/mol. The van der Waals surface area contributed by atoms with Gasteiger partial charge in [-0.1, -0.05) is 0 Å². The van der Waals surface area contributed by atoms with Crippen LogP contribution in [0.4, 0.5) is 13.2 Å². The molecule has 1 aromatic carbocycles. The lowest BCUT2D eigenvalue weighted by molar-refractivity contribution is -0.348. The van der Waals surface area contributed by atoms with Gasteiger partial charge in [0.25, 0.3) is 5.79 Å². The zero-order valence-corrected chi connectivity index (χ0v) is 10.7. The zero-order valence-electron chi connectivity index (χ0n) is 10.7. The van der Waals surface area contributed by atoms with Crippen molar-refractivity contribution in [1.29, 1.82) is 0 Å². The van der Waals surface area contributed by atoms with Crippen LogP contribution in [-0.2, 0) is 6.42 Å². The second-order valence-electron chi connectivity index (χ2n) is 4.65. The molecule has 5 nitrogen and oxygen atoms in total. The maximum absolute atomic E-state index is 12.5. The van der Waals surface area contributed by atoms with E-state index in [1.807, 2.05) is 0 Å². The van der Waals surface area contributed by atoms with Crippen LogP contribution in [0.15, 0.2) is 27.4 Å². The highest BCUT2D eigenvalue weighted by Crippen LogP contribution is 2.32. The Kier molecular flexibility index (Phi) is 3.46. The smallest absolute Gasteiger partial charge is 0.443 e. The SMILES string of the molecule is Cc1c(CC(O)(O)C(F)(F)F)oc2cc(O)ccc2c1=O. The van der Waals surface area contributed by atoms with Crippen molar-refractivity contribution in [2.24, 2.45) is 0 Å². The standard InChI is InChI=1S/C13H11F3O5/c1-6-10(5-12(19,20)13(14,15)16)21-9-4-7(17)2-3-8(9)11(6)18/h2-4,17,19-20H,5H2,1H3. The fourth-order valence-electron chi connectivity index (χ4n) is 1.81. The van der Waals surface area contributed by atoms with Crippen LogP contribution in [0.3, 0.4) is 0 Å². The predicted octanol–water partition coefficient (Wildman–Crippen LogP) is 1.59. The number of alkyl halides is 3. The fourth-order valence-corrected chi connectivity index (χ4v) is 1.81. The third-order valence-corrected chi connectivity index (χ3v) is 3.06. The number of hydrogen-bond acceptors (Lipinski definition) is 5.